The molecule has 0 radical (unpaired) electrons. The summed E-state index contributed by atoms with van der Waals surface area (Å²) in [6, 6.07) is 1.85. The highest BCUT2D eigenvalue weighted by molar-refractivity contribution is 9.11. The first kappa shape index (κ1) is 13.0. The lowest BCUT2D eigenvalue weighted by atomic mass is 10.1. The Morgan fingerprint density at radius 2 is 2.35 bits per heavy atom. The molecule has 6 heteroatoms. The number of rotatable bonds is 3. The predicted molar refractivity (Wildman–Crippen MR) is 72.5 cm³/mol. The van der Waals surface area contributed by atoms with Crippen LogP contribution in [0.1, 0.15) is 18.5 Å². The highest BCUT2D eigenvalue weighted by atomic mass is 79.9. The molecule has 1 aromatic rings. The molecular weight excluding hydrogens is 350 g/mol. The van der Waals surface area contributed by atoms with E-state index >= 15 is 0 Å². The Morgan fingerprint density at radius 3 is 3.06 bits per heavy atom. The highest BCUT2D eigenvalue weighted by Gasteiger charge is 2.21. The molecule has 1 aromatic heterocycles. The molecule has 4 nitrogen and oxygen atoms in total. The zero-order valence-electron chi connectivity index (χ0n) is 9.17. The second kappa shape index (κ2) is 5.93. The summed E-state index contributed by atoms with van der Waals surface area (Å²) >= 11 is 6.81. The van der Waals surface area contributed by atoms with Gasteiger partial charge in [0, 0.05) is 28.2 Å². The molecule has 0 aliphatic carbocycles. The van der Waals surface area contributed by atoms with Crippen molar-refractivity contribution in [1.82, 2.24) is 15.6 Å². The summed E-state index contributed by atoms with van der Waals surface area (Å²) in [6.07, 6.45) is 3.67. The molecule has 1 atom stereocenters. The summed E-state index contributed by atoms with van der Waals surface area (Å²) in [5.74, 6) is 0.0875. The first-order valence-corrected chi connectivity index (χ1v) is 7.06. The Labute approximate surface area is 117 Å². The number of carbonyl (C=O) groups excluding carboxylic acids is 1. The maximum absolute atomic E-state index is 11.5. The topological polar surface area (TPSA) is 54.0 Å². The van der Waals surface area contributed by atoms with Crippen LogP contribution < -0.4 is 10.6 Å². The van der Waals surface area contributed by atoms with E-state index in [1.165, 1.54) is 0 Å². The SMILES string of the molecule is O=C1NCCCC1NCc1ncc(Br)cc1Br. The molecule has 0 spiro atoms. The van der Waals surface area contributed by atoms with Gasteiger partial charge >= 0.3 is 0 Å². The minimum absolute atomic E-state index is 0.0875. The summed E-state index contributed by atoms with van der Waals surface area (Å²) < 4.78 is 1.87. The van der Waals surface area contributed by atoms with Crippen LogP contribution in [0.15, 0.2) is 21.2 Å². The van der Waals surface area contributed by atoms with Crippen LogP contribution >= 0.6 is 31.9 Å². The van der Waals surface area contributed by atoms with Crippen molar-refractivity contribution in [3.8, 4) is 0 Å². The fourth-order valence-corrected chi connectivity index (χ4v) is 2.89. The molecule has 1 unspecified atom stereocenters. The van der Waals surface area contributed by atoms with Gasteiger partial charge in [0.25, 0.3) is 0 Å². The van der Waals surface area contributed by atoms with E-state index in [2.05, 4.69) is 47.5 Å². The van der Waals surface area contributed by atoms with Gasteiger partial charge in [0.2, 0.25) is 5.91 Å². The van der Waals surface area contributed by atoms with E-state index < -0.39 is 0 Å². The van der Waals surface area contributed by atoms with Gasteiger partial charge in [-0.1, -0.05) is 0 Å². The molecule has 1 fully saturated rings. The van der Waals surface area contributed by atoms with Gasteiger partial charge in [-0.05, 0) is 50.8 Å². The molecule has 1 saturated heterocycles. The fraction of sp³-hybridized carbons (Fsp3) is 0.455. The normalized spacial score (nSPS) is 20.1. The summed E-state index contributed by atoms with van der Waals surface area (Å²) in [6.45, 7) is 1.38. The lowest BCUT2D eigenvalue weighted by Crippen LogP contribution is -2.48. The van der Waals surface area contributed by atoms with Gasteiger partial charge in [-0.15, -0.1) is 0 Å². The summed E-state index contributed by atoms with van der Waals surface area (Å²) in [4.78, 5) is 15.8. The van der Waals surface area contributed by atoms with E-state index in [0.717, 1.165) is 34.0 Å². The monoisotopic (exact) mass is 361 g/mol. The first-order valence-electron chi connectivity index (χ1n) is 5.48. The third-order valence-electron chi connectivity index (χ3n) is 2.69. The van der Waals surface area contributed by atoms with Crippen molar-refractivity contribution in [2.75, 3.05) is 6.54 Å². The van der Waals surface area contributed by atoms with Crippen LogP contribution in [0.2, 0.25) is 0 Å². The summed E-state index contributed by atoms with van der Waals surface area (Å²) in [5.41, 5.74) is 0.909. The molecule has 1 aliphatic rings. The van der Waals surface area contributed by atoms with E-state index in [1.54, 1.807) is 6.20 Å². The standard InChI is InChI=1S/C11H13Br2N3O/c12-7-4-8(13)10(15-5-7)6-16-9-2-1-3-14-11(9)17/h4-5,9,16H,1-3,6H2,(H,14,17). The van der Waals surface area contributed by atoms with Crippen molar-refractivity contribution in [3.63, 3.8) is 0 Å². The summed E-state index contributed by atoms with van der Waals surface area (Å²) in [5, 5.41) is 6.08. The van der Waals surface area contributed by atoms with Crippen LogP contribution in [0.5, 0.6) is 0 Å². The average molecular weight is 363 g/mol. The average Bonchev–Trinajstić information content (AvgIpc) is 2.30. The zero-order valence-corrected chi connectivity index (χ0v) is 12.3. The highest BCUT2D eigenvalue weighted by Crippen LogP contribution is 2.19. The molecule has 0 bridgehead atoms. The van der Waals surface area contributed by atoms with Gasteiger partial charge < -0.3 is 10.6 Å². The van der Waals surface area contributed by atoms with Crippen molar-refractivity contribution in [3.05, 3.63) is 26.9 Å². The smallest absolute Gasteiger partial charge is 0.237 e. The van der Waals surface area contributed by atoms with Crippen LogP contribution in [0, 0.1) is 0 Å². The second-order valence-corrected chi connectivity index (χ2v) is 5.72. The Bertz CT molecular complexity index is 425. The maximum Gasteiger partial charge on any atom is 0.237 e. The van der Waals surface area contributed by atoms with Gasteiger partial charge in [0.15, 0.2) is 0 Å². The number of piperidine rings is 1. The van der Waals surface area contributed by atoms with Crippen LogP contribution in [0.25, 0.3) is 0 Å². The van der Waals surface area contributed by atoms with Crippen molar-refractivity contribution in [1.29, 1.82) is 0 Å². The molecule has 0 aromatic carbocycles. The zero-order chi connectivity index (χ0) is 12.3. The van der Waals surface area contributed by atoms with Crippen LogP contribution in [0.4, 0.5) is 0 Å². The fourth-order valence-electron chi connectivity index (χ4n) is 1.76. The van der Waals surface area contributed by atoms with E-state index in [0.29, 0.717) is 6.54 Å². The molecule has 0 saturated carbocycles. The number of nitrogens with one attached hydrogen (secondary N) is 2. The van der Waals surface area contributed by atoms with Crippen LogP contribution in [-0.2, 0) is 11.3 Å². The first-order chi connectivity index (χ1) is 8.16. The van der Waals surface area contributed by atoms with Crippen molar-refractivity contribution < 1.29 is 4.79 Å². The number of carbonyl (C=O) groups is 1. The second-order valence-electron chi connectivity index (χ2n) is 3.95. The Hall–Kier alpha value is -0.460. The largest absolute Gasteiger partial charge is 0.355 e. The number of aromatic nitrogens is 1. The molecule has 92 valence electrons. The van der Waals surface area contributed by atoms with E-state index in [-0.39, 0.29) is 11.9 Å². The maximum atomic E-state index is 11.5. The van der Waals surface area contributed by atoms with E-state index in [4.69, 9.17) is 0 Å². The summed E-state index contributed by atoms with van der Waals surface area (Å²) in [7, 11) is 0. The van der Waals surface area contributed by atoms with Crippen molar-refractivity contribution in [2.45, 2.75) is 25.4 Å². The molecule has 2 heterocycles. The quantitative estimate of drug-likeness (QED) is 0.864. The van der Waals surface area contributed by atoms with Crippen molar-refractivity contribution in [2.24, 2.45) is 0 Å². The molecule has 2 N–H and O–H groups in total. The molecular formula is C11H13Br2N3O. The van der Waals surface area contributed by atoms with Crippen LogP contribution in [0.3, 0.4) is 0 Å². The van der Waals surface area contributed by atoms with Gasteiger partial charge in [-0.25, -0.2) is 0 Å². The van der Waals surface area contributed by atoms with Gasteiger partial charge in [-0.2, -0.15) is 0 Å². The number of amides is 1. The number of halogens is 2. The van der Waals surface area contributed by atoms with Gasteiger partial charge in [0.05, 0.1) is 11.7 Å². The lowest BCUT2D eigenvalue weighted by molar-refractivity contribution is -0.124. The Kier molecular flexibility index (Phi) is 4.53. The predicted octanol–water partition coefficient (Wildman–Crippen LogP) is 1.97. The third kappa shape index (κ3) is 3.50. The molecule has 17 heavy (non-hydrogen) atoms. The Morgan fingerprint density at radius 1 is 1.53 bits per heavy atom. The van der Waals surface area contributed by atoms with Crippen LogP contribution in [-0.4, -0.2) is 23.5 Å². The minimum atomic E-state index is -0.0962. The molecule has 1 aliphatic heterocycles. The Balaban J connectivity index is 1.95. The van der Waals surface area contributed by atoms with Gasteiger partial charge in [-0.3, -0.25) is 9.78 Å². The minimum Gasteiger partial charge on any atom is -0.355 e. The third-order valence-corrected chi connectivity index (χ3v) is 3.81. The van der Waals surface area contributed by atoms with E-state index in [1.807, 2.05) is 6.07 Å². The van der Waals surface area contributed by atoms with E-state index in [9.17, 15) is 4.79 Å². The number of hydrogen-bond donors (Lipinski definition) is 2. The molecule has 1 amide bonds. The number of hydrogen-bond acceptors (Lipinski definition) is 3. The number of nitrogens with zero attached hydrogens (tertiary/aromatic N) is 1. The lowest BCUT2D eigenvalue weighted by Gasteiger charge is -2.22. The number of pyridine rings is 1. The molecule has 2 rings (SSSR count). The van der Waals surface area contributed by atoms with Gasteiger partial charge in [0.1, 0.15) is 0 Å². The van der Waals surface area contributed by atoms with Crippen molar-refractivity contribution >= 4 is 37.8 Å².